The number of aromatic nitrogens is 2. The van der Waals surface area contributed by atoms with Crippen molar-refractivity contribution < 1.29 is 12.8 Å². The molecule has 21 heavy (non-hydrogen) atoms. The standard InChI is InChI=1S/C12H16N4O3S2/c1-7-11(5-10(19-7)6-13-9-3-4-9)21(17,18)16-12-15-14-8(2)20-12/h5,9,13H,3-4,6H2,1-2H3,(H,15,16). The molecule has 1 saturated carbocycles. The third kappa shape index (κ3) is 3.42. The molecule has 1 aliphatic rings. The van der Waals surface area contributed by atoms with Crippen LogP contribution in [0.3, 0.4) is 0 Å². The highest BCUT2D eigenvalue weighted by molar-refractivity contribution is 7.93. The highest BCUT2D eigenvalue weighted by Gasteiger charge is 2.24. The van der Waals surface area contributed by atoms with Gasteiger partial charge in [-0.2, -0.15) is 0 Å². The molecule has 114 valence electrons. The number of aryl methyl sites for hydroxylation is 2. The van der Waals surface area contributed by atoms with Gasteiger partial charge in [-0.25, -0.2) is 8.42 Å². The van der Waals surface area contributed by atoms with E-state index in [1.54, 1.807) is 19.9 Å². The minimum atomic E-state index is -3.70. The van der Waals surface area contributed by atoms with Crippen molar-refractivity contribution in [3.63, 3.8) is 0 Å². The first-order chi connectivity index (χ1) is 9.94. The molecule has 0 atom stereocenters. The second-order valence-electron chi connectivity index (χ2n) is 5.02. The van der Waals surface area contributed by atoms with E-state index in [9.17, 15) is 8.42 Å². The van der Waals surface area contributed by atoms with Gasteiger partial charge in [0.15, 0.2) is 0 Å². The number of anilines is 1. The third-order valence-electron chi connectivity index (χ3n) is 3.10. The number of nitrogens with zero attached hydrogens (tertiary/aromatic N) is 2. The van der Waals surface area contributed by atoms with Gasteiger partial charge in [0, 0.05) is 12.1 Å². The lowest BCUT2D eigenvalue weighted by Crippen LogP contribution is -2.15. The number of hydrogen-bond acceptors (Lipinski definition) is 7. The average Bonchev–Trinajstić information content (AvgIpc) is 3.03. The molecule has 0 bridgehead atoms. The molecule has 2 aromatic rings. The van der Waals surface area contributed by atoms with Crippen molar-refractivity contribution in [1.82, 2.24) is 15.5 Å². The summed E-state index contributed by atoms with van der Waals surface area (Å²) in [5.74, 6) is 0.990. The topological polar surface area (TPSA) is 97.1 Å². The van der Waals surface area contributed by atoms with Gasteiger partial charge in [0.1, 0.15) is 21.4 Å². The average molecular weight is 328 g/mol. The zero-order valence-corrected chi connectivity index (χ0v) is 13.3. The molecule has 9 heteroatoms. The highest BCUT2D eigenvalue weighted by atomic mass is 32.2. The Labute approximate surface area is 126 Å². The summed E-state index contributed by atoms with van der Waals surface area (Å²) in [6.45, 7) is 3.94. The smallest absolute Gasteiger partial charge is 0.267 e. The van der Waals surface area contributed by atoms with Crippen LogP contribution >= 0.6 is 11.3 Å². The Hall–Kier alpha value is -1.45. The summed E-state index contributed by atoms with van der Waals surface area (Å²) in [5, 5.41) is 11.8. The molecule has 1 aliphatic carbocycles. The van der Waals surface area contributed by atoms with Crippen molar-refractivity contribution in [3.8, 4) is 0 Å². The number of hydrogen-bond donors (Lipinski definition) is 2. The van der Waals surface area contributed by atoms with Gasteiger partial charge in [-0.1, -0.05) is 11.3 Å². The van der Waals surface area contributed by atoms with E-state index in [2.05, 4.69) is 20.2 Å². The van der Waals surface area contributed by atoms with E-state index in [0.29, 0.717) is 29.1 Å². The highest BCUT2D eigenvalue weighted by Crippen LogP contribution is 2.25. The van der Waals surface area contributed by atoms with Crippen LogP contribution in [0.2, 0.25) is 0 Å². The van der Waals surface area contributed by atoms with Crippen LogP contribution in [0.25, 0.3) is 0 Å². The first kappa shape index (κ1) is 14.5. The minimum Gasteiger partial charge on any atom is -0.464 e. The summed E-state index contributed by atoms with van der Waals surface area (Å²) < 4.78 is 32.6. The van der Waals surface area contributed by atoms with Gasteiger partial charge >= 0.3 is 0 Å². The normalized spacial score (nSPS) is 15.3. The van der Waals surface area contributed by atoms with Crippen LogP contribution in [0.4, 0.5) is 5.13 Å². The second kappa shape index (κ2) is 5.39. The fourth-order valence-corrected chi connectivity index (χ4v) is 3.94. The lowest BCUT2D eigenvalue weighted by molar-refractivity contribution is 0.456. The van der Waals surface area contributed by atoms with Crippen LogP contribution in [-0.4, -0.2) is 24.7 Å². The first-order valence-electron chi connectivity index (χ1n) is 6.59. The van der Waals surface area contributed by atoms with Gasteiger partial charge in [-0.15, -0.1) is 10.2 Å². The Balaban J connectivity index is 1.77. The molecule has 2 aromatic heterocycles. The SMILES string of the molecule is Cc1nnc(NS(=O)(=O)c2cc(CNC3CC3)oc2C)s1. The molecule has 0 saturated heterocycles. The fourth-order valence-electron chi connectivity index (χ4n) is 1.92. The van der Waals surface area contributed by atoms with Crippen LogP contribution in [0.15, 0.2) is 15.4 Å². The van der Waals surface area contributed by atoms with E-state index >= 15 is 0 Å². The molecule has 1 fully saturated rings. The number of nitrogens with one attached hydrogen (secondary N) is 2. The maximum absolute atomic E-state index is 12.3. The zero-order valence-electron chi connectivity index (χ0n) is 11.7. The van der Waals surface area contributed by atoms with Gasteiger partial charge in [0.05, 0.1) is 6.54 Å². The predicted molar refractivity (Wildman–Crippen MR) is 78.8 cm³/mol. The largest absolute Gasteiger partial charge is 0.464 e. The second-order valence-corrected chi connectivity index (χ2v) is 7.85. The molecule has 0 radical (unpaired) electrons. The fraction of sp³-hybridized carbons (Fsp3) is 0.500. The molecule has 3 rings (SSSR count). The van der Waals surface area contributed by atoms with Crippen molar-refractivity contribution in [2.75, 3.05) is 4.72 Å². The van der Waals surface area contributed by atoms with Crippen molar-refractivity contribution in [3.05, 3.63) is 22.6 Å². The summed E-state index contributed by atoms with van der Waals surface area (Å²) in [5.41, 5.74) is 0. The molecule has 0 aliphatic heterocycles. The van der Waals surface area contributed by atoms with Crippen molar-refractivity contribution >= 4 is 26.5 Å². The summed E-state index contributed by atoms with van der Waals surface area (Å²) >= 11 is 1.19. The van der Waals surface area contributed by atoms with E-state index in [4.69, 9.17) is 4.42 Å². The summed E-state index contributed by atoms with van der Waals surface area (Å²) in [6, 6.07) is 2.10. The molecule has 0 spiro atoms. The monoisotopic (exact) mass is 328 g/mol. The zero-order chi connectivity index (χ0) is 15.0. The molecule has 2 heterocycles. The van der Waals surface area contributed by atoms with Crippen molar-refractivity contribution in [2.24, 2.45) is 0 Å². The van der Waals surface area contributed by atoms with E-state index in [-0.39, 0.29) is 10.0 Å². The van der Waals surface area contributed by atoms with Crippen LogP contribution in [0.5, 0.6) is 0 Å². The maximum Gasteiger partial charge on any atom is 0.267 e. The van der Waals surface area contributed by atoms with Gasteiger partial charge in [-0.3, -0.25) is 4.72 Å². The summed E-state index contributed by atoms with van der Waals surface area (Å²) in [7, 11) is -3.70. The third-order valence-corrected chi connectivity index (χ3v) is 5.43. The minimum absolute atomic E-state index is 0.142. The Morgan fingerprint density at radius 1 is 1.38 bits per heavy atom. The van der Waals surface area contributed by atoms with Gasteiger partial charge in [0.2, 0.25) is 5.13 Å². The number of rotatable bonds is 6. The summed E-state index contributed by atoms with van der Waals surface area (Å²) in [4.78, 5) is 0.142. The quantitative estimate of drug-likeness (QED) is 0.839. The lowest BCUT2D eigenvalue weighted by Gasteiger charge is -2.02. The van der Waals surface area contributed by atoms with Crippen LogP contribution in [0, 0.1) is 13.8 Å². The molecule has 0 unspecified atom stereocenters. The molecule has 2 N–H and O–H groups in total. The van der Waals surface area contributed by atoms with Crippen molar-refractivity contribution in [1.29, 1.82) is 0 Å². The Morgan fingerprint density at radius 2 is 2.14 bits per heavy atom. The van der Waals surface area contributed by atoms with Gasteiger partial charge < -0.3 is 9.73 Å². The summed E-state index contributed by atoms with van der Waals surface area (Å²) in [6.07, 6.45) is 2.34. The van der Waals surface area contributed by atoms with Crippen LogP contribution < -0.4 is 10.0 Å². The maximum atomic E-state index is 12.3. The Bertz CT molecular complexity index is 746. The molecule has 0 aromatic carbocycles. The van der Waals surface area contributed by atoms with E-state index in [1.165, 1.54) is 24.2 Å². The predicted octanol–water partition coefficient (Wildman–Crippen LogP) is 1.80. The van der Waals surface area contributed by atoms with E-state index in [0.717, 1.165) is 0 Å². The van der Waals surface area contributed by atoms with Gasteiger partial charge in [-0.05, 0) is 26.7 Å². The van der Waals surface area contributed by atoms with Crippen LogP contribution in [0.1, 0.15) is 29.4 Å². The molecular weight excluding hydrogens is 312 g/mol. The lowest BCUT2D eigenvalue weighted by atomic mass is 10.4. The van der Waals surface area contributed by atoms with Gasteiger partial charge in [0.25, 0.3) is 10.0 Å². The van der Waals surface area contributed by atoms with E-state index in [1.807, 2.05) is 0 Å². The first-order valence-corrected chi connectivity index (χ1v) is 8.89. The number of sulfonamides is 1. The van der Waals surface area contributed by atoms with Crippen molar-refractivity contribution in [2.45, 2.75) is 44.2 Å². The molecular formula is C12H16N4O3S2. The Kier molecular flexibility index (Phi) is 3.72. The number of furan rings is 1. The molecule has 7 nitrogen and oxygen atoms in total. The molecule has 0 amide bonds. The Morgan fingerprint density at radius 3 is 2.76 bits per heavy atom. The van der Waals surface area contributed by atoms with E-state index < -0.39 is 10.0 Å². The van der Waals surface area contributed by atoms with Crippen LogP contribution in [-0.2, 0) is 16.6 Å².